The Bertz CT molecular complexity index is 620. The molecule has 2 aromatic rings. The van der Waals surface area contributed by atoms with Crippen LogP contribution in [0, 0.1) is 13.8 Å². The molecule has 0 fully saturated rings. The van der Waals surface area contributed by atoms with Crippen molar-refractivity contribution in [3.8, 4) is 0 Å². The van der Waals surface area contributed by atoms with Gasteiger partial charge >= 0.3 is 0 Å². The van der Waals surface area contributed by atoms with Crippen LogP contribution in [-0.2, 0) is 11.2 Å². The fourth-order valence-corrected chi connectivity index (χ4v) is 2.41. The summed E-state index contributed by atoms with van der Waals surface area (Å²) >= 11 is 5.90. The molecule has 110 valence electrons. The van der Waals surface area contributed by atoms with E-state index in [9.17, 15) is 4.79 Å². The van der Waals surface area contributed by atoms with E-state index in [0.29, 0.717) is 11.4 Å². The summed E-state index contributed by atoms with van der Waals surface area (Å²) in [4.78, 5) is 11.9. The van der Waals surface area contributed by atoms with Crippen molar-refractivity contribution in [1.29, 1.82) is 0 Å². The number of benzene rings is 2. The number of anilines is 1. The molecule has 0 radical (unpaired) electrons. The third kappa shape index (κ3) is 4.91. The molecular weight excluding hydrogens is 282 g/mol. The highest BCUT2D eigenvalue weighted by molar-refractivity contribution is 6.30. The molecule has 0 saturated heterocycles. The smallest absolute Gasteiger partial charge is 0.224 e. The topological polar surface area (TPSA) is 29.1 Å². The van der Waals surface area contributed by atoms with E-state index in [1.54, 1.807) is 6.07 Å². The van der Waals surface area contributed by atoms with Crippen LogP contribution in [0.2, 0.25) is 5.02 Å². The summed E-state index contributed by atoms with van der Waals surface area (Å²) in [6.07, 6.45) is 2.30. The van der Waals surface area contributed by atoms with Crippen LogP contribution in [0.3, 0.4) is 0 Å². The average Bonchev–Trinajstić information content (AvgIpc) is 2.44. The van der Waals surface area contributed by atoms with Gasteiger partial charge in [0.2, 0.25) is 5.91 Å². The molecule has 0 saturated carbocycles. The number of aryl methyl sites for hydroxylation is 3. The fraction of sp³-hybridized carbons (Fsp3) is 0.278. The number of halogens is 1. The van der Waals surface area contributed by atoms with Gasteiger partial charge in [-0.15, -0.1) is 0 Å². The van der Waals surface area contributed by atoms with Gasteiger partial charge in [0.05, 0.1) is 0 Å². The van der Waals surface area contributed by atoms with Crippen LogP contribution in [0.5, 0.6) is 0 Å². The van der Waals surface area contributed by atoms with Gasteiger partial charge in [0, 0.05) is 17.1 Å². The molecule has 21 heavy (non-hydrogen) atoms. The first kappa shape index (κ1) is 15.6. The molecule has 2 rings (SSSR count). The highest BCUT2D eigenvalue weighted by Crippen LogP contribution is 2.20. The largest absolute Gasteiger partial charge is 0.326 e. The summed E-state index contributed by atoms with van der Waals surface area (Å²) in [5.41, 5.74) is 4.35. The minimum absolute atomic E-state index is 0.0486. The Morgan fingerprint density at radius 1 is 1.10 bits per heavy atom. The summed E-state index contributed by atoms with van der Waals surface area (Å²) in [7, 11) is 0. The lowest BCUT2D eigenvalue weighted by molar-refractivity contribution is -0.116. The van der Waals surface area contributed by atoms with Gasteiger partial charge in [-0.2, -0.15) is 0 Å². The highest BCUT2D eigenvalue weighted by Gasteiger charge is 2.05. The molecule has 0 aliphatic carbocycles. The van der Waals surface area contributed by atoms with Gasteiger partial charge in [-0.25, -0.2) is 0 Å². The maximum Gasteiger partial charge on any atom is 0.224 e. The van der Waals surface area contributed by atoms with Crippen molar-refractivity contribution in [2.24, 2.45) is 0 Å². The molecule has 3 heteroatoms. The number of carbonyl (C=O) groups is 1. The lowest BCUT2D eigenvalue weighted by atomic mass is 10.1. The van der Waals surface area contributed by atoms with E-state index in [1.165, 1.54) is 11.1 Å². The van der Waals surface area contributed by atoms with Crippen molar-refractivity contribution in [2.75, 3.05) is 5.32 Å². The summed E-state index contributed by atoms with van der Waals surface area (Å²) in [5.74, 6) is 0.0486. The van der Waals surface area contributed by atoms with Gasteiger partial charge in [-0.05, 0) is 56.0 Å². The van der Waals surface area contributed by atoms with Gasteiger partial charge in [-0.3, -0.25) is 4.79 Å². The second kappa shape index (κ2) is 7.28. The van der Waals surface area contributed by atoms with Crippen LogP contribution < -0.4 is 5.32 Å². The molecule has 0 aliphatic heterocycles. The molecule has 0 atom stereocenters. The molecular formula is C18H20ClNO. The highest BCUT2D eigenvalue weighted by atomic mass is 35.5. The van der Waals surface area contributed by atoms with Crippen LogP contribution in [0.15, 0.2) is 42.5 Å². The lowest BCUT2D eigenvalue weighted by Crippen LogP contribution is -2.12. The second-order valence-electron chi connectivity index (χ2n) is 5.35. The molecule has 0 heterocycles. The molecule has 2 aromatic carbocycles. The molecule has 0 unspecified atom stereocenters. The van der Waals surface area contributed by atoms with Crippen LogP contribution >= 0.6 is 11.6 Å². The third-order valence-corrected chi connectivity index (χ3v) is 3.69. The number of carbonyl (C=O) groups excluding carboxylic acids is 1. The predicted octanol–water partition coefficient (Wildman–Crippen LogP) is 4.92. The predicted molar refractivity (Wildman–Crippen MR) is 88.9 cm³/mol. The van der Waals surface area contributed by atoms with Crippen molar-refractivity contribution >= 4 is 23.2 Å². The summed E-state index contributed by atoms with van der Waals surface area (Å²) in [6.45, 7) is 4.01. The number of rotatable bonds is 5. The van der Waals surface area contributed by atoms with E-state index in [0.717, 1.165) is 24.1 Å². The van der Waals surface area contributed by atoms with Gasteiger partial charge in [0.1, 0.15) is 0 Å². The first-order valence-corrected chi connectivity index (χ1v) is 7.54. The molecule has 0 aliphatic rings. The molecule has 0 bridgehead atoms. The lowest BCUT2D eigenvalue weighted by Gasteiger charge is -2.08. The summed E-state index contributed by atoms with van der Waals surface area (Å²) in [6, 6.07) is 13.9. The Labute approximate surface area is 131 Å². The zero-order chi connectivity index (χ0) is 15.2. The van der Waals surface area contributed by atoms with Gasteiger partial charge in [-0.1, -0.05) is 41.4 Å². The Morgan fingerprint density at radius 2 is 1.81 bits per heavy atom. The van der Waals surface area contributed by atoms with Gasteiger partial charge in [0.25, 0.3) is 0 Å². The van der Waals surface area contributed by atoms with E-state index in [-0.39, 0.29) is 5.91 Å². The van der Waals surface area contributed by atoms with Crippen molar-refractivity contribution in [3.63, 3.8) is 0 Å². The zero-order valence-electron chi connectivity index (χ0n) is 12.4. The van der Waals surface area contributed by atoms with Crippen molar-refractivity contribution < 1.29 is 4.79 Å². The van der Waals surface area contributed by atoms with Crippen molar-refractivity contribution in [1.82, 2.24) is 0 Å². The molecule has 1 amide bonds. The third-order valence-electron chi connectivity index (χ3n) is 3.45. The second-order valence-corrected chi connectivity index (χ2v) is 5.78. The first-order valence-electron chi connectivity index (χ1n) is 7.16. The van der Waals surface area contributed by atoms with E-state index in [2.05, 4.69) is 36.5 Å². The summed E-state index contributed by atoms with van der Waals surface area (Å²) in [5, 5.41) is 3.62. The quantitative estimate of drug-likeness (QED) is 0.834. The van der Waals surface area contributed by atoms with Crippen molar-refractivity contribution in [2.45, 2.75) is 33.1 Å². The minimum atomic E-state index is 0.0486. The number of hydrogen-bond acceptors (Lipinski definition) is 1. The van der Waals surface area contributed by atoms with Crippen LogP contribution in [0.1, 0.15) is 29.5 Å². The monoisotopic (exact) mass is 301 g/mol. The average molecular weight is 302 g/mol. The van der Waals surface area contributed by atoms with Gasteiger partial charge < -0.3 is 5.32 Å². The normalized spacial score (nSPS) is 10.4. The number of amides is 1. The Kier molecular flexibility index (Phi) is 5.40. The Morgan fingerprint density at radius 3 is 2.48 bits per heavy atom. The summed E-state index contributed by atoms with van der Waals surface area (Å²) < 4.78 is 0. The standard InChI is InChI=1S/C18H20ClNO/c1-13-6-8-15(9-7-13)4-3-5-18(21)20-17-11-10-16(19)12-14(17)2/h6-12H,3-5H2,1-2H3,(H,20,21). The number of nitrogens with one attached hydrogen (secondary N) is 1. The minimum Gasteiger partial charge on any atom is -0.326 e. The van der Waals surface area contributed by atoms with Crippen LogP contribution in [0.25, 0.3) is 0 Å². The zero-order valence-corrected chi connectivity index (χ0v) is 13.2. The van der Waals surface area contributed by atoms with E-state index in [4.69, 9.17) is 11.6 Å². The molecule has 2 nitrogen and oxygen atoms in total. The first-order chi connectivity index (χ1) is 10.0. The Hall–Kier alpha value is -1.80. The van der Waals surface area contributed by atoms with E-state index in [1.807, 2.05) is 19.1 Å². The molecule has 1 N–H and O–H groups in total. The molecule has 0 spiro atoms. The van der Waals surface area contributed by atoms with E-state index < -0.39 is 0 Å². The van der Waals surface area contributed by atoms with E-state index >= 15 is 0 Å². The maximum atomic E-state index is 11.9. The van der Waals surface area contributed by atoms with Crippen LogP contribution in [-0.4, -0.2) is 5.91 Å². The van der Waals surface area contributed by atoms with Crippen LogP contribution in [0.4, 0.5) is 5.69 Å². The molecule has 0 aromatic heterocycles. The Balaban J connectivity index is 1.81. The van der Waals surface area contributed by atoms with Gasteiger partial charge in [0.15, 0.2) is 0 Å². The SMILES string of the molecule is Cc1ccc(CCCC(=O)Nc2ccc(Cl)cc2C)cc1. The van der Waals surface area contributed by atoms with Crippen molar-refractivity contribution in [3.05, 3.63) is 64.2 Å². The number of hydrogen-bond donors (Lipinski definition) is 1. The maximum absolute atomic E-state index is 11.9. The fourth-order valence-electron chi connectivity index (χ4n) is 2.19.